The summed E-state index contributed by atoms with van der Waals surface area (Å²) in [6.45, 7) is 2.68. The molecule has 0 unspecified atom stereocenters. The molecule has 1 aliphatic heterocycles. The third-order valence-electron chi connectivity index (χ3n) is 3.52. The van der Waals surface area contributed by atoms with Gasteiger partial charge in [0.15, 0.2) is 0 Å². The second-order valence-corrected chi connectivity index (χ2v) is 7.09. The van der Waals surface area contributed by atoms with E-state index in [0.29, 0.717) is 6.54 Å². The standard InChI is InChI=1S/C14H19F3N2O3S/c15-14(16,17)22-12-5-4-6-13(11-12)23(20,21)18-7-10-19-8-2-1-3-9-19/h4-6,11,18H,1-3,7-10H2. The van der Waals surface area contributed by atoms with Crippen molar-refractivity contribution < 1.29 is 26.3 Å². The van der Waals surface area contributed by atoms with E-state index in [-0.39, 0.29) is 11.4 Å². The number of nitrogens with zero attached hydrogens (tertiary/aromatic N) is 1. The van der Waals surface area contributed by atoms with Crippen molar-refractivity contribution in [1.82, 2.24) is 9.62 Å². The Hall–Kier alpha value is -1.32. The van der Waals surface area contributed by atoms with Crippen LogP contribution in [-0.2, 0) is 10.0 Å². The molecule has 1 N–H and O–H groups in total. The number of rotatable bonds is 6. The molecule has 130 valence electrons. The van der Waals surface area contributed by atoms with Gasteiger partial charge < -0.3 is 9.64 Å². The van der Waals surface area contributed by atoms with Crippen molar-refractivity contribution >= 4 is 10.0 Å². The number of hydrogen-bond acceptors (Lipinski definition) is 4. The summed E-state index contributed by atoms with van der Waals surface area (Å²) in [6.07, 6.45) is -1.47. The van der Waals surface area contributed by atoms with Crippen LogP contribution in [0.5, 0.6) is 5.75 Å². The quantitative estimate of drug-likeness (QED) is 0.854. The van der Waals surface area contributed by atoms with Crippen molar-refractivity contribution in [2.24, 2.45) is 0 Å². The molecule has 2 rings (SSSR count). The van der Waals surface area contributed by atoms with E-state index in [2.05, 4.69) is 14.4 Å². The summed E-state index contributed by atoms with van der Waals surface area (Å²) in [5.74, 6) is -0.559. The first kappa shape index (κ1) is 18.0. The monoisotopic (exact) mass is 352 g/mol. The van der Waals surface area contributed by atoms with Gasteiger partial charge in [-0.05, 0) is 38.1 Å². The van der Waals surface area contributed by atoms with Crippen LogP contribution in [0.25, 0.3) is 0 Å². The highest BCUT2D eigenvalue weighted by Gasteiger charge is 2.31. The Kier molecular flexibility index (Phi) is 5.88. The normalized spacial score (nSPS) is 17.2. The van der Waals surface area contributed by atoms with E-state index in [0.717, 1.165) is 38.1 Å². The molecule has 1 aromatic carbocycles. The van der Waals surface area contributed by atoms with Gasteiger partial charge in [-0.3, -0.25) is 0 Å². The lowest BCUT2D eigenvalue weighted by Crippen LogP contribution is -2.37. The van der Waals surface area contributed by atoms with Crippen LogP contribution in [0.4, 0.5) is 13.2 Å². The summed E-state index contributed by atoms with van der Waals surface area (Å²) in [5.41, 5.74) is 0. The zero-order valence-corrected chi connectivity index (χ0v) is 13.3. The second-order valence-electron chi connectivity index (χ2n) is 5.32. The molecular formula is C14H19F3N2O3S. The highest BCUT2D eigenvalue weighted by molar-refractivity contribution is 7.89. The van der Waals surface area contributed by atoms with Gasteiger partial charge in [-0.1, -0.05) is 12.5 Å². The van der Waals surface area contributed by atoms with Crippen LogP contribution in [-0.4, -0.2) is 45.9 Å². The molecule has 9 heteroatoms. The molecule has 0 bridgehead atoms. The number of nitrogens with one attached hydrogen (secondary N) is 1. The Morgan fingerprint density at radius 3 is 2.52 bits per heavy atom. The maximum atomic E-state index is 12.2. The van der Waals surface area contributed by atoms with Gasteiger partial charge in [-0.15, -0.1) is 13.2 Å². The molecular weight excluding hydrogens is 333 g/mol. The first-order valence-corrected chi connectivity index (χ1v) is 8.82. The van der Waals surface area contributed by atoms with Crippen LogP contribution in [0.2, 0.25) is 0 Å². The number of benzene rings is 1. The van der Waals surface area contributed by atoms with Crippen molar-refractivity contribution in [2.45, 2.75) is 30.5 Å². The maximum absolute atomic E-state index is 12.2. The Balaban J connectivity index is 1.94. The Morgan fingerprint density at radius 1 is 1.17 bits per heavy atom. The summed E-state index contributed by atoms with van der Waals surface area (Å²) < 4.78 is 66.9. The number of likely N-dealkylation sites (tertiary alicyclic amines) is 1. The van der Waals surface area contributed by atoms with E-state index in [1.54, 1.807) is 0 Å². The predicted molar refractivity (Wildman–Crippen MR) is 78.6 cm³/mol. The fraction of sp³-hybridized carbons (Fsp3) is 0.571. The molecule has 0 atom stereocenters. The zero-order chi connectivity index (χ0) is 16.9. The predicted octanol–water partition coefficient (Wildman–Crippen LogP) is 2.35. The molecule has 0 saturated carbocycles. The second kappa shape index (κ2) is 7.50. The van der Waals surface area contributed by atoms with Crippen LogP contribution in [0.15, 0.2) is 29.2 Å². The average Bonchev–Trinajstić information content (AvgIpc) is 2.47. The SMILES string of the molecule is O=S(=O)(NCCN1CCCCC1)c1cccc(OC(F)(F)F)c1. The first-order chi connectivity index (χ1) is 10.8. The van der Waals surface area contributed by atoms with E-state index in [4.69, 9.17) is 0 Å². The summed E-state index contributed by atoms with van der Waals surface area (Å²) in [5, 5.41) is 0. The minimum atomic E-state index is -4.86. The van der Waals surface area contributed by atoms with Crippen molar-refractivity contribution in [3.05, 3.63) is 24.3 Å². The third-order valence-corrected chi connectivity index (χ3v) is 4.98. The number of ether oxygens (including phenoxy) is 1. The highest BCUT2D eigenvalue weighted by atomic mass is 32.2. The molecule has 0 amide bonds. The minimum absolute atomic E-state index is 0.215. The van der Waals surface area contributed by atoms with Crippen LogP contribution >= 0.6 is 0 Å². The van der Waals surface area contributed by atoms with Gasteiger partial charge in [-0.25, -0.2) is 13.1 Å². The van der Waals surface area contributed by atoms with E-state index in [9.17, 15) is 21.6 Å². The van der Waals surface area contributed by atoms with E-state index in [1.165, 1.54) is 18.6 Å². The highest BCUT2D eigenvalue weighted by Crippen LogP contribution is 2.24. The third kappa shape index (κ3) is 6.00. The van der Waals surface area contributed by atoms with Gasteiger partial charge in [-0.2, -0.15) is 0 Å². The Morgan fingerprint density at radius 2 is 1.87 bits per heavy atom. The van der Waals surface area contributed by atoms with Crippen LogP contribution in [0.3, 0.4) is 0 Å². The van der Waals surface area contributed by atoms with Gasteiger partial charge >= 0.3 is 6.36 Å². The van der Waals surface area contributed by atoms with E-state index >= 15 is 0 Å². The largest absolute Gasteiger partial charge is 0.573 e. The molecule has 5 nitrogen and oxygen atoms in total. The van der Waals surface area contributed by atoms with Gasteiger partial charge in [0, 0.05) is 19.2 Å². The molecule has 0 aliphatic carbocycles. The average molecular weight is 352 g/mol. The topological polar surface area (TPSA) is 58.6 Å². The van der Waals surface area contributed by atoms with Crippen LogP contribution in [0.1, 0.15) is 19.3 Å². The number of piperidine rings is 1. The molecule has 1 fully saturated rings. The fourth-order valence-electron chi connectivity index (χ4n) is 2.44. The summed E-state index contributed by atoms with van der Waals surface area (Å²) in [7, 11) is -3.86. The molecule has 0 radical (unpaired) electrons. The maximum Gasteiger partial charge on any atom is 0.573 e. The van der Waals surface area contributed by atoms with Crippen molar-refractivity contribution in [1.29, 1.82) is 0 Å². The molecule has 0 spiro atoms. The Labute approximate surface area is 133 Å². The minimum Gasteiger partial charge on any atom is -0.406 e. The first-order valence-electron chi connectivity index (χ1n) is 7.34. The molecule has 1 heterocycles. The molecule has 1 aliphatic rings. The smallest absolute Gasteiger partial charge is 0.406 e. The van der Waals surface area contributed by atoms with Gasteiger partial charge in [0.05, 0.1) is 4.90 Å². The number of sulfonamides is 1. The van der Waals surface area contributed by atoms with Crippen LogP contribution in [0, 0.1) is 0 Å². The lowest BCUT2D eigenvalue weighted by atomic mass is 10.1. The van der Waals surface area contributed by atoms with Gasteiger partial charge in [0.25, 0.3) is 0 Å². The fourth-order valence-corrected chi connectivity index (χ4v) is 3.50. The molecule has 1 aromatic rings. The van der Waals surface area contributed by atoms with E-state index < -0.39 is 22.1 Å². The summed E-state index contributed by atoms with van der Waals surface area (Å²) >= 11 is 0. The Bertz CT molecular complexity index is 614. The lowest BCUT2D eigenvalue weighted by Gasteiger charge is -2.26. The molecule has 23 heavy (non-hydrogen) atoms. The number of alkyl halides is 3. The van der Waals surface area contributed by atoms with Gasteiger partial charge in [0.2, 0.25) is 10.0 Å². The molecule has 1 saturated heterocycles. The van der Waals surface area contributed by atoms with Crippen molar-refractivity contribution in [3.8, 4) is 5.75 Å². The number of hydrogen-bond donors (Lipinski definition) is 1. The lowest BCUT2D eigenvalue weighted by molar-refractivity contribution is -0.274. The van der Waals surface area contributed by atoms with E-state index in [1.807, 2.05) is 0 Å². The molecule has 0 aromatic heterocycles. The van der Waals surface area contributed by atoms with Crippen molar-refractivity contribution in [3.63, 3.8) is 0 Å². The van der Waals surface area contributed by atoms with Gasteiger partial charge in [0.1, 0.15) is 5.75 Å². The van der Waals surface area contributed by atoms with Crippen LogP contribution < -0.4 is 9.46 Å². The number of halogens is 3. The zero-order valence-electron chi connectivity index (χ0n) is 12.5. The summed E-state index contributed by atoms with van der Waals surface area (Å²) in [4.78, 5) is 1.91. The van der Waals surface area contributed by atoms with Crippen molar-refractivity contribution in [2.75, 3.05) is 26.2 Å². The summed E-state index contributed by atoms with van der Waals surface area (Å²) in [6, 6.07) is 4.35.